The van der Waals surface area contributed by atoms with Crippen LogP contribution in [0.1, 0.15) is 50.1 Å². The van der Waals surface area contributed by atoms with Crippen LogP contribution in [0.3, 0.4) is 0 Å². The van der Waals surface area contributed by atoms with Crippen molar-refractivity contribution >= 4 is 27.5 Å². The van der Waals surface area contributed by atoms with Crippen LogP contribution >= 0.6 is 11.6 Å². The van der Waals surface area contributed by atoms with E-state index >= 15 is 0 Å². The first-order valence-electron chi connectivity index (χ1n) is 10.7. The largest absolute Gasteiger partial charge is 0.497 e. The number of carbonyl (C=O) groups excluding carboxylic acids is 1. The molecule has 2 N–H and O–H groups in total. The Balaban J connectivity index is 1.70. The minimum absolute atomic E-state index is 0.0157. The lowest BCUT2D eigenvalue weighted by molar-refractivity contribution is -0.121. The van der Waals surface area contributed by atoms with Crippen LogP contribution in [0.25, 0.3) is 0 Å². The van der Waals surface area contributed by atoms with Crippen molar-refractivity contribution in [3.8, 4) is 5.75 Å². The van der Waals surface area contributed by atoms with Crippen molar-refractivity contribution in [1.82, 2.24) is 10.0 Å². The maximum absolute atomic E-state index is 12.9. The van der Waals surface area contributed by atoms with Gasteiger partial charge in [0.15, 0.2) is 0 Å². The zero-order valence-electron chi connectivity index (χ0n) is 18.1. The molecule has 0 spiro atoms. The van der Waals surface area contributed by atoms with E-state index in [2.05, 4.69) is 16.1 Å². The third kappa shape index (κ3) is 7.08. The van der Waals surface area contributed by atoms with Crippen molar-refractivity contribution in [2.24, 2.45) is 0 Å². The van der Waals surface area contributed by atoms with E-state index in [1.807, 2.05) is 0 Å². The van der Waals surface area contributed by atoms with Crippen LogP contribution in [0.15, 0.2) is 65.1 Å². The van der Waals surface area contributed by atoms with Crippen molar-refractivity contribution < 1.29 is 17.9 Å². The smallest absolute Gasteiger partial charge is 0.241 e. The van der Waals surface area contributed by atoms with E-state index in [0.717, 1.165) is 19.3 Å². The molecule has 1 atom stereocenters. The Morgan fingerprint density at radius 2 is 1.81 bits per heavy atom. The highest BCUT2D eigenvalue weighted by molar-refractivity contribution is 7.89. The van der Waals surface area contributed by atoms with Gasteiger partial charge < -0.3 is 10.1 Å². The Kier molecular flexibility index (Phi) is 8.73. The number of halogens is 1. The van der Waals surface area contributed by atoms with Gasteiger partial charge in [0.05, 0.1) is 18.0 Å². The number of carbonyl (C=O) groups is 1. The number of allylic oxidation sites excluding steroid dienone is 1. The van der Waals surface area contributed by atoms with Crippen LogP contribution < -0.4 is 14.8 Å². The Hall–Kier alpha value is -2.35. The molecule has 172 valence electrons. The number of rotatable bonds is 10. The average molecular weight is 477 g/mol. The minimum atomic E-state index is -3.85. The number of nitrogens with one attached hydrogen (secondary N) is 2. The van der Waals surface area contributed by atoms with Crippen LogP contribution in [0.4, 0.5) is 0 Å². The summed E-state index contributed by atoms with van der Waals surface area (Å²) in [6.45, 7) is 0.546. The quantitative estimate of drug-likeness (QED) is 0.484. The predicted molar refractivity (Wildman–Crippen MR) is 126 cm³/mol. The van der Waals surface area contributed by atoms with Gasteiger partial charge in [-0.2, -0.15) is 0 Å². The van der Waals surface area contributed by atoms with E-state index in [-0.39, 0.29) is 17.2 Å². The molecular formula is C24H29ClN2O4S. The van der Waals surface area contributed by atoms with Crippen LogP contribution in [-0.2, 0) is 14.8 Å². The molecule has 3 rings (SSSR count). The molecule has 32 heavy (non-hydrogen) atoms. The molecule has 8 heteroatoms. The summed E-state index contributed by atoms with van der Waals surface area (Å²) in [5.41, 5.74) is 2.06. The molecule has 0 fully saturated rings. The third-order valence-corrected chi connectivity index (χ3v) is 7.22. The van der Waals surface area contributed by atoms with E-state index in [1.165, 1.54) is 42.7 Å². The molecule has 2 aromatic carbocycles. The van der Waals surface area contributed by atoms with Crippen LogP contribution in [0.2, 0.25) is 5.02 Å². The van der Waals surface area contributed by atoms with Gasteiger partial charge in [-0.1, -0.05) is 35.4 Å². The van der Waals surface area contributed by atoms with Gasteiger partial charge in [-0.25, -0.2) is 13.1 Å². The maximum Gasteiger partial charge on any atom is 0.241 e. The monoisotopic (exact) mass is 476 g/mol. The normalized spacial score (nSPS) is 15.0. The summed E-state index contributed by atoms with van der Waals surface area (Å²) in [5.74, 6) is 0.444. The van der Waals surface area contributed by atoms with Crippen molar-refractivity contribution in [3.05, 3.63) is 70.8 Å². The summed E-state index contributed by atoms with van der Waals surface area (Å²) in [4.78, 5) is 12.7. The SMILES string of the molecule is COc1ccc(C(CC(=O)NCCC2=CCCCC2)NS(=O)(=O)c2ccc(Cl)cc2)cc1. The number of hydrogen-bond acceptors (Lipinski definition) is 4. The molecule has 1 aliphatic carbocycles. The van der Waals surface area contributed by atoms with E-state index in [1.54, 1.807) is 31.4 Å². The molecule has 0 aliphatic heterocycles. The zero-order chi connectivity index (χ0) is 23.0. The summed E-state index contributed by atoms with van der Waals surface area (Å²) in [6, 6.07) is 12.2. The molecule has 0 bridgehead atoms. The molecule has 0 radical (unpaired) electrons. The first kappa shape index (κ1) is 24.3. The Morgan fingerprint density at radius 1 is 1.09 bits per heavy atom. The summed E-state index contributed by atoms with van der Waals surface area (Å²) >= 11 is 5.88. The fourth-order valence-corrected chi connectivity index (χ4v) is 5.04. The second-order valence-electron chi connectivity index (χ2n) is 7.81. The number of sulfonamides is 1. The van der Waals surface area contributed by atoms with Crippen molar-refractivity contribution in [1.29, 1.82) is 0 Å². The highest BCUT2D eigenvalue weighted by atomic mass is 35.5. The lowest BCUT2D eigenvalue weighted by atomic mass is 9.97. The van der Waals surface area contributed by atoms with Gasteiger partial charge in [-0.05, 0) is 74.1 Å². The van der Waals surface area contributed by atoms with Crippen molar-refractivity contribution in [3.63, 3.8) is 0 Å². The van der Waals surface area contributed by atoms with Gasteiger partial charge >= 0.3 is 0 Å². The Bertz CT molecular complexity index is 1030. The number of ether oxygens (including phenoxy) is 1. The lowest BCUT2D eigenvalue weighted by Crippen LogP contribution is -2.34. The van der Waals surface area contributed by atoms with E-state index in [4.69, 9.17) is 16.3 Å². The van der Waals surface area contributed by atoms with Crippen molar-refractivity contribution in [2.75, 3.05) is 13.7 Å². The summed E-state index contributed by atoms with van der Waals surface area (Å²) in [5, 5.41) is 3.38. The van der Waals surface area contributed by atoms with Gasteiger partial charge in [-0.3, -0.25) is 4.79 Å². The third-order valence-electron chi connectivity index (χ3n) is 5.48. The van der Waals surface area contributed by atoms with Crippen LogP contribution in [0, 0.1) is 0 Å². The standard InChI is InChI=1S/C24H29ClN2O4S/c1-31-21-11-7-19(8-12-21)23(27-32(29,30)22-13-9-20(25)10-14-22)17-24(28)26-16-15-18-5-3-2-4-6-18/h5,7-14,23,27H,2-4,6,15-17H2,1H3,(H,26,28). The lowest BCUT2D eigenvalue weighted by Gasteiger charge is -2.20. The van der Waals surface area contributed by atoms with E-state index in [0.29, 0.717) is 22.9 Å². The van der Waals surface area contributed by atoms with Gasteiger partial charge in [0.1, 0.15) is 5.75 Å². The molecule has 2 aromatic rings. The molecular weight excluding hydrogens is 448 g/mol. The minimum Gasteiger partial charge on any atom is -0.497 e. The number of methoxy groups -OCH3 is 1. The molecule has 0 saturated carbocycles. The molecule has 0 heterocycles. The summed E-state index contributed by atoms with van der Waals surface area (Å²) < 4.78 is 33.7. The fourth-order valence-electron chi connectivity index (χ4n) is 3.68. The Morgan fingerprint density at radius 3 is 2.44 bits per heavy atom. The van der Waals surface area contributed by atoms with Crippen LogP contribution in [0.5, 0.6) is 5.75 Å². The van der Waals surface area contributed by atoms with E-state index < -0.39 is 16.1 Å². The molecule has 1 unspecified atom stereocenters. The molecule has 1 aliphatic rings. The summed E-state index contributed by atoms with van der Waals surface area (Å²) in [7, 11) is -2.29. The zero-order valence-corrected chi connectivity index (χ0v) is 19.7. The number of benzene rings is 2. The first-order valence-corrected chi connectivity index (χ1v) is 12.6. The molecule has 0 aromatic heterocycles. The first-order chi connectivity index (χ1) is 15.4. The maximum atomic E-state index is 12.9. The predicted octanol–water partition coefficient (Wildman–Crippen LogP) is 4.77. The van der Waals surface area contributed by atoms with Gasteiger partial charge in [0, 0.05) is 18.0 Å². The number of amides is 1. The number of hydrogen-bond donors (Lipinski definition) is 2. The van der Waals surface area contributed by atoms with Gasteiger partial charge in [0.2, 0.25) is 15.9 Å². The molecule has 6 nitrogen and oxygen atoms in total. The fraction of sp³-hybridized carbons (Fsp3) is 0.375. The Labute approximate surface area is 195 Å². The molecule has 1 amide bonds. The van der Waals surface area contributed by atoms with Gasteiger partial charge in [0.25, 0.3) is 0 Å². The van der Waals surface area contributed by atoms with Crippen molar-refractivity contribution in [2.45, 2.75) is 49.5 Å². The second-order valence-corrected chi connectivity index (χ2v) is 9.96. The van der Waals surface area contributed by atoms with E-state index in [9.17, 15) is 13.2 Å². The molecule has 0 saturated heterocycles. The highest BCUT2D eigenvalue weighted by Crippen LogP contribution is 2.24. The van der Waals surface area contributed by atoms with Gasteiger partial charge in [-0.15, -0.1) is 0 Å². The van der Waals surface area contributed by atoms with Crippen LogP contribution in [-0.4, -0.2) is 28.0 Å². The summed E-state index contributed by atoms with van der Waals surface area (Å²) in [6.07, 6.45) is 7.70. The second kappa shape index (κ2) is 11.5. The highest BCUT2D eigenvalue weighted by Gasteiger charge is 2.24. The average Bonchev–Trinajstić information content (AvgIpc) is 2.79. The topological polar surface area (TPSA) is 84.5 Å².